The maximum atomic E-state index is 12.0. The van der Waals surface area contributed by atoms with Crippen molar-refractivity contribution in [1.29, 1.82) is 0 Å². The minimum absolute atomic E-state index is 0.214. The predicted octanol–water partition coefficient (Wildman–Crippen LogP) is 3.23. The molecule has 0 aromatic heterocycles. The van der Waals surface area contributed by atoms with E-state index in [2.05, 4.69) is 21.2 Å². The van der Waals surface area contributed by atoms with Crippen LogP contribution in [0.25, 0.3) is 0 Å². The molecule has 2 rings (SSSR count). The van der Waals surface area contributed by atoms with E-state index in [1.54, 1.807) is 31.2 Å². The third-order valence-corrected chi connectivity index (χ3v) is 3.64. The lowest BCUT2D eigenvalue weighted by Gasteiger charge is -2.15. The summed E-state index contributed by atoms with van der Waals surface area (Å²) in [7, 11) is 0. The molecule has 0 radical (unpaired) electrons. The summed E-state index contributed by atoms with van der Waals surface area (Å²) in [5.74, 6) is -0.614. The SMILES string of the molecule is CC(Oc1cccc(Br)c1)C(=O)NCc1ccc(C(=O)O)cc1. The molecule has 0 heterocycles. The lowest BCUT2D eigenvalue weighted by atomic mass is 10.1. The van der Waals surface area contributed by atoms with Gasteiger partial charge in [-0.1, -0.05) is 34.1 Å². The summed E-state index contributed by atoms with van der Waals surface area (Å²) in [4.78, 5) is 22.8. The molecule has 0 saturated heterocycles. The third-order valence-electron chi connectivity index (χ3n) is 3.15. The standard InChI is InChI=1S/C17H16BrNO4/c1-11(23-15-4-2-3-14(18)9-15)16(20)19-10-12-5-7-13(8-6-12)17(21)22/h2-9,11H,10H2,1H3,(H,19,20)(H,21,22). The minimum Gasteiger partial charge on any atom is -0.481 e. The normalized spacial score (nSPS) is 11.6. The summed E-state index contributed by atoms with van der Waals surface area (Å²) in [6.45, 7) is 1.98. The van der Waals surface area contributed by atoms with E-state index in [0.717, 1.165) is 10.0 Å². The molecule has 0 bridgehead atoms. The van der Waals surface area contributed by atoms with Crippen molar-refractivity contribution in [3.05, 3.63) is 64.1 Å². The Kier molecular flexibility index (Phi) is 5.76. The first-order valence-electron chi connectivity index (χ1n) is 6.98. The second-order valence-corrected chi connectivity index (χ2v) is 5.85. The number of ether oxygens (including phenoxy) is 1. The molecule has 1 unspecified atom stereocenters. The van der Waals surface area contributed by atoms with Gasteiger partial charge in [0.25, 0.3) is 5.91 Å². The van der Waals surface area contributed by atoms with Crippen LogP contribution in [0.5, 0.6) is 5.75 Å². The van der Waals surface area contributed by atoms with Gasteiger partial charge in [0.1, 0.15) is 5.75 Å². The number of carboxylic acids is 1. The van der Waals surface area contributed by atoms with Gasteiger partial charge >= 0.3 is 5.97 Å². The van der Waals surface area contributed by atoms with Crippen LogP contribution in [-0.2, 0) is 11.3 Å². The average molecular weight is 378 g/mol. The first-order chi connectivity index (χ1) is 11.0. The first-order valence-corrected chi connectivity index (χ1v) is 7.77. The molecule has 120 valence electrons. The molecule has 0 aliphatic carbocycles. The molecular weight excluding hydrogens is 362 g/mol. The van der Waals surface area contributed by atoms with Crippen LogP contribution >= 0.6 is 15.9 Å². The molecule has 0 saturated carbocycles. The van der Waals surface area contributed by atoms with Crippen molar-refractivity contribution in [2.24, 2.45) is 0 Å². The van der Waals surface area contributed by atoms with Crippen molar-refractivity contribution in [1.82, 2.24) is 5.32 Å². The molecule has 2 N–H and O–H groups in total. The molecule has 23 heavy (non-hydrogen) atoms. The average Bonchev–Trinajstić information content (AvgIpc) is 2.53. The number of carboxylic acid groups (broad SMARTS) is 1. The summed E-state index contributed by atoms with van der Waals surface area (Å²) in [5, 5.41) is 11.6. The third kappa shape index (κ3) is 5.10. The Morgan fingerprint density at radius 3 is 2.52 bits per heavy atom. The highest BCUT2D eigenvalue weighted by molar-refractivity contribution is 9.10. The van der Waals surface area contributed by atoms with Crippen molar-refractivity contribution < 1.29 is 19.4 Å². The molecule has 2 aromatic rings. The summed E-state index contributed by atoms with van der Waals surface area (Å²) in [6.07, 6.45) is -0.636. The number of carbonyl (C=O) groups excluding carboxylic acids is 1. The smallest absolute Gasteiger partial charge is 0.335 e. The van der Waals surface area contributed by atoms with Crippen molar-refractivity contribution in [3.8, 4) is 5.75 Å². The molecule has 0 spiro atoms. The summed E-state index contributed by atoms with van der Waals surface area (Å²) in [6, 6.07) is 13.6. The van der Waals surface area contributed by atoms with Crippen LogP contribution in [0.3, 0.4) is 0 Å². The van der Waals surface area contributed by atoms with Crippen LogP contribution in [0.2, 0.25) is 0 Å². The monoisotopic (exact) mass is 377 g/mol. The Morgan fingerprint density at radius 2 is 1.91 bits per heavy atom. The van der Waals surface area contributed by atoms with Gasteiger partial charge in [0.2, 0.25) is 0 Å². The number of hydrogen-bond acceptors (Lipinski definition) is 3. The summed E-state index contributed by atoms with van der Waals surface area (Å²) in [5.41, 5.74) is 1.03. The first kappa shape index (κ1) is 17.0. The van der Waals surface area contributed by atoms with Crippen LogP contribution in [0, 0.1) is 0 Å². The number of aromatic carboxylic acids is 1. The lowest BCUT2D eigenvalue weighted by Crippen LogP contribution is -2.35. The van der Waals surface area contributed by atoms with E-state index in [4.69, 9.17) is 9.84 Å². The van der Waals surface area contributed by atoms with E-state index in [1.165, 1.54) is 12.1 Å². The molecule has 1 atom stereocenters. The summed E-state index contributed by atoms with van der Waals surface area (Å²) >= 11 is 3.34. The molecule has 2 aromatic carbocycles. The number of carbonyl (C=O) groups is 2. The predicted molar refractivity (Wildman–Crippen MR) is 89.5 cm³/mol. The largest absolute Gasteiger partial charge is 0.481 e. The zero-order valence-electron chi connectivity index (χ0n) is 12.5. The van der Waals surface area contributed by atoms with Crippen LogP contribution in [-0.4, -0.2) is 23.1 Å². The van der Waals surface area contributed by atoms with Crippen LogP contribution < -0.4 is 10.1 Å². The maximum absolute atomic E-state index is 12.0. The van der Waals surface area contributed by atoms with Crippen molar-refractivity contribution in [3.63, 3.8) is 0 Å². The molecule has 0 fully saturated rings. The summed E-state index contributed by atoms with van der Waals surface area (Å²) < 4.78 is 6.45. The second kappa shape index (κ2) is 7.78. The fraction of sp³-hybridized carbons (Fsp3) is 0.176. The molecule has 1 amide bonds. The van der Waals surface area contributed by atoms with Gasteiger partial charge in [-0.2, -0.15) is 0 Å². The van der Waals surface area contributed by atoms with Crippen molar-refractivity contribution in [2.45, 2.75) is 19.6 Å². The molecule has 0 aliphatic heterocycles. The highest BCUT2D eigenvalue weighted by Gasteiger charge is 2.14. The molecule has 5 nitrogen and oxygen atoms in total. The highest BCUT2D eigenvalue weighted by atomic mass is 79.9. The van der Waals surface area contributed by atoms with E-state index >= 15 is 0 Å². The highest BCUT2D eigenvalue weighted by Crippen LogP contribution is 2.18. The maximum Gasteiger partial charge on any atom is 0.335 e. The Hall–Kier alpha value is -2.34. The van der Waals surface area contributed by atoms with Gasteiger partial charge in [-0.25, -0.2) is 4.79 Å². The fourth-order valence-electron chi connectivity index (χ4n) is 1.90. The number of rotatable bonds is 6. The topological polar surface area (TPSA) is 75.6 Å². The van der Waals surface area contributed by atoms with Crippen LogP contribution in [0.4, 0.5) is 0 Å². The Balaban J connectivity index is 1.87. The van der Waals surface area contributed by atoms with Gasteiger partial charge < -0.3 is 15.2 Å². The number of amides is 1. The number of benzene rings is 2. The van der Waals surface area contributed by atoms with Gasteiger partial charge in [0.15, 0.2) is 6.10 Å². The Bertz CT molecular complexity index is 700. The lowest BCUT2D eigenvalue weighted by molar-refractivity contribution is -0.127. The fourth-order valence-corrected chi connectivity index (χ4v) is 2.27. The van der Waals surface area contributed by atoms with E-state index in [9.17, 15) is 9.59 Å². The zero-order chi connectivity index (χ0) is 16.8. The van der Waals surface area contributed by atoms with Crippen molar-refractivity contribution >= 4 is 27.8 Å². The second-order valence-electron chi connectivity index (χ2n) is 4.94. The van der Waals surface area contributed by atoms with Crippen LogP contribution in [0.1, 0.15) is 22.8 Å². The van der Waals surface area contributed by atoms with Crippen molar-refractivity contribution in [2.75, 3.05) is 0 Å². The Labute approximate surface area is 142 Å². The van der Waals surface area contributed by atoms with Gasteiger partial charge in [-0.15, -0.1) is 0 Å². The zero-order valence-corrected chi connectivity index (χ0v) is 14.0. The van der Waals surface area contributed by atoms with Crippen LogP contribution in [0.15, 0.2) is 53.0 Å². The molecular formula is C17H16BrNO4. The van der Waals surface area contributed by atoms with Gasteiger partial charge in [0.05, 0.1) is 5.56 Å². The number of hydrogen-bond donors (Lipinski definition) is 2. The van der Waals surface area contributed by atoms with E-state index < -0.39 is 12.1 Å². The minimum atomic E-state index is -0.975. The Morgan fingerprint density at radius 1 is 1.22 bits per heavy atom. The quantitative estimate of drug-likeness (QED) is 0.809. The number of nitrogens with one attached hydrogen (secondary N) is 1. The van der Waals surface area contributed by atoms with E-state index in [1.807, 2.05) is 12.1 Å². The van der Waals surface area contributed by atoms with E-state index in [-0.39, 0.29) is 11.5 Å². The molecule has 6 heteroatoms. The van der Waals surface area contributed by atoms with Gasteiger partial charge in [-0.3, -0.25) is 4.79 Å². The number of halogens is 1. The van der Waals surface area contributed by atoms with Gasteiger partial charge in [0, 0.05) is 11.0 Å². The van der Waals surface area contributed by atoms with E-state index in [0.29, 0.717) is 12.3 Å². The molecule has 0 aliphatic rings. The van der Waals surface area contributed by atoms with Gasteiger partial charge in [-0.05, 0) is 42.8 Å².